The van der Waals surface area contributed by atoms with Crippen LogP contribution in [0.25, 0.3) is 6.08 Å². The second-order valence-electron chi connectivity index (χ2n) is 5.72. The molecule has 9 heteroatoms. The molecule has 1 heterocycles. The molecule has 0 radical (unpaired) electrons. The topological polar surface area (TPSA) is 74.2 Å². The summed E-state index contributed by atoms with van der Waals surface area (Å²) < 4.78 is 18.2. The fraction of sp³-hybridized carbons (Fsp3) is 0.150. The maximum Gasteiger partial charge on any atom is 0.363 e. The van der Waals surface area contributed by atoms with Crippen LogP contribution in [0.4, 0.5) is 0 Å². The second kappa shape index (κ2) is 10.0. The Labute approximate surface area is 203 Å². The van der Waals surface area contributed by atoms with E-state index in [0.717, 1.165) is 17.2 Å². The van der Waals surface area contributed by atoms with Crippen molar-refractivity contribution in [3.63, 3.8) is 0 Å². The molecule has 0 saturated heterocycles. The number of esters is 2. The van der Waals surface area contributed by atoms with Gasteiger partial charge >= 0.3 is 11.9 Å². The van der Waals surface area contributed by atoms with Crippen LogP contribution in [0, 0.1) is 7.14 Å². The monoisotopic (exact) mass is 681 g/mol. The van der Waals surface area contributed by atoms with E-state index < -0.39 is 11.9 Å². The van der Waals surface area contributed by atoms with Crippen molar-refractivity contribution in [2.75, 3.05) is 13.2 Å². The van der Waals surface area contributed by atoms with E-state index in [0.29, 0.717) is 17.9 Å². The van der Waals surface area contributed by atoms with Crippen molar-refractivity contribution in [1.29, 1.82) is 0 Å². The molecule has 2 aromatic carbocycles. The molecule has 0 aliphatic carbocycles. The minimum atomic E-state index is -0.511. The molecule has 0 bridgehead atoms. The van der Waals surface area contributed by atoms with Crippen LogP contribution in [0.2, 0.25) is 0 Å². The highest BCUT2D eigenvalue weighted by atomic mass is 127. The number of aliphatic imine (C=N–C) groups is 1. The second-order valence-corrected chi connectivity index (χ2v) is 8.90. The predicted octanol–water partition coefficient (Wildman–Crippen LogP) is 4.94. The minimum Gasteiger partial charge on any atom is -0.480 e. The number of carbonyl (C=O) groups excluding carboxylic acids is 2. The molecule has 1 aliphatic heterocycles. The number of hydrogen-bond donors (Lipinski definition) is 0. The standard InChI is InChI=1S/C20H14BrI2NO5/c1-2-27-17(25)10-28-18-14(22)7-11(8-15(18)23)9-16-20(26)29-19(24-16)12-5-3-4-6-13(12)21/h3-9H,2,10H2,1H3/b16-9-. The van der Waals surface area contributed by atoms with E-state index in [1.165, 1.54) is 0 Å². The molecule has 0 atom stereocenters. The summed E-state index contributed by atoms with van der Waals surface area (Å²) in [5.74, 6) is -0.0864. The lowest BCUT2D eigenvalue weighted by atomic mass is 10.2. The lowest BCUT2D eigenvalue weighted by molar-refractivity contribution is -0.145. The minimum absolute atomic E-state index is 0.161. The fourth-order valence-electron chi connectivity index (χ4n) is 2.45. The molecule has 0 spiro atoms. The quantitative estimate of drug-likeness (QED) is 0.245. The highest BCUT2D eigenvalue weighted by Crippen LogP contribution is 2.31. The van der Waals surface area contributed by atoms with Gasteiger partial charge in [-0.2, -0.15) is 0 Å². The lowest BCUT2D eigenvalue weighted by Gasteiger charge is -2.11. The lowest BCUT2D eigenvalue weighted by Crippen LogP contribution is -2.15. The highest BCUT2D eigenvalue weighted by molar-refractivity contribution is 14.1. The summed E-state index contributed by atoms with van der Waals surface area (Å²) in [6, 6.07) is 11.1. The van der Waals surface area contributed by atoms with E-state index in [9.17, 15) is 9.59 Å². The van der Waals surface area contributed by atoms with Gasteiger partial charge in [-0.3, -0.25) is 0 Å². The van der Waals surface area contributed by atoms with Crippen molar-refractivity contribution in [3.8, 4) is 5.75 Å². The Hall–Kier alpha value is -1.47. The van der Waals surface area contributed by atoms with Gasteiger partial charge in [-0.15, -0.1) is 0 Å². The molecular weight excluding hydrogens is 668 g/mol. The molecule has 150 valence electrons. The Morgan fingerprint density at radius 3 is 2.59 bits per heavy atom. The number of hydrogen-bond acceptors (Lipinski definition) is 6. The molecule has 3 rings (SSSR count). The number of rotatable bonds is 6. The number of carbonyl (C=O) groups is 2. The van der Waals surface area contributed by atoms with Crippen molar-refractivity contribution in [3.05, 3.63) is 64.8 Å². The van der Waals surface area contributed by atoms with E-state index in [1.807, 2.05) is 36.4 Å². The van der Waals surface area contributed by atoms with Crippen molar-refractivity contribution >= 4 is 85.0 Å². The first-order valence-corrected chi connectivity index (χ1v) is 11.4. The molecule has 0 saturated carbocycles. The van der Waals surface area contributed by atoms with Crippen LogP contribution in [-0.2, 0) is 19.1 Å². The summed E-state index contributed by atoms with van der Waals surface area (Å²) in [6.07, 6.45) is 1.66. The highest BCUT2D eigenvalue weighted by Gasteiger charge is 2.25. The fourth-order valence-corrected chi connectivity index (χ4v) is 5.03. The zero-order valence-electron chi connectivity index (χ0n) is 15.1. The Balaban J connectivity index is 1.84. The van der Waals surface area contributed by atoms with E-state index in [-0.39, 0.29) is 18.2 Å². The van der Waals surface area contributed by atoms with E-state index >= 15 is 0 Å². The molecule has 6 nitrogen and oxygen atoms in total. The summed E-state index contributed by atoms with van der Waals surface area (Å²) in [5.41, 5.74) is 1.69. The summed E-state index contributed by atoms with van der Waals surface area (Å²) in [6.45, 7) is 1.89. The van der Waals surface area contributed by atoms with Crippen LogP contribution in [0.3, 0.4) is 0 Å². The van der Waals surface area contributed by atoms with Gasteiger partial charge in [0.05, 0.1) is 19.3 Å². The average molecular weight is 682 g/mol. The smallest absolute Gasteiger partial charge is 0.363 e. The van der Waals surface area contributed by atoms with E-state index in [2.05, 4.69) is 66.1 Å². The van der Waals surface area contributed by atoms with Gasteiger partial charge in [-0.05, 0) is 104 Å². The SMILES string of the molecule is CCOC(=O)COc1c(I)cc(/C=C2\N=C(c3ccccc3Br)OC2=O)cc1I. The van der Waals surface area contributed by atoms with Crippen molar-refractivity contribution in [2.24, 2.45) is 4.99 Å². The molecule has 2 aromatic rings. The Kier molecular flexibility index (Phi) is 7.68. The van der Waals surface area contributed by atoms with Crippen LogP contribution < -0.4 is 4.74 Å². The van der Waals surface area contributed by atoms with Gasteiger partial charge in [0.15, 0.2) is 12.3 Å². The van der Waals surface area contributed by atoms with Crippen molar-refractivity contribution in [2.45, 2.75) is 6.92 Å². The van der Waals surface area contributed by atoms with Gasteiger partial charge in [-0.25, -0.2) is 14.6 Å². The number of nitrogens with zero attached hydrogens (tertiary/aromatic N) is 1. The van der Waals surface area contributed by atoms with Gasteiger partial charge in [-0.1, -0.05) is 12.1 Å². The molecule has 29 heavy (non-hydrogen) atoms. The van der Waals surface area contributed by atoms with Gasteiger partial charge in [0, 0.05) is 4.47 Å². The first-order chi connectivity index (χ1) is 13.9. The van der Waals surface area contributed by atoms with Crippen LogP contribution in [0.15, 0.2) is 51.6 Å². The number of cyclic esters (lactones) is 1. The zero-order chi connectivity index (χ0) is 21.0. The predicted molar refractivity (Wildman–Crippen MR) is 129 cm³/mol. The van der Waals surface area contributed by atoms with Crippen molar-refractivity contribution in [1.82, 2.24) is 0 Å². The molecule has 0 N–H and O–H groups in total. The van der Waals surface area contributed by atoms with Gasteiger partial charge in [0.2, 0.25) is 5.90 Å². The van der Waals surface area contributed by atoms with Crippen LogP contribution in [-0.4, -0.2) is 31.1 Å². The van der Waals surface area contributed by atoms with Crippen LogP contribution in [0.5, 0.6) is 5.75 Å². The first kappa shape index (κ1) is 22.2. The Bertz CT molecular complexity index is 1010. The maximum atomic E-state index is 12.2. The molecule has 0 fully saturated rings. The van der Waals surface area contributed by atoms with Crippen LogP contribution in [0.1, 0.15) is 18.1 Å². The molecular formula is C20H14BrI2NO5. The third-order valence-corrected chi connectivity index (χ3v) is 5.98. The van der Waals surface area contributed by atoms with Gasteiger partial charge in [0.1, 0.15) is 5.75 Å². The number of ether oxygens (including phenoxy) is 3. The summed E-state index contributed by atoms with van der Waals surface area (Å²) in [4.78, 5) is 28.1. The normalized spacial score (nSPS) is 14.6. The Morgan fingerprint density at radius 2 is 1.93 bits per heavy atom. The summed E-state index contributed by atoms with van der Waals surface area (Å²) in [5, 5.41) is 0. The molecule has 1 aliphatic rings. The summed E-state index contributed by atoms with van der Waals surface area (Å²) in [7, 11) is 0. The summed E-state index contributed by atoms with van der Waals surface area (Å²) >= 11 is 7.67. The molecule has 0 unspecified atom stereocenters. The largest absolute Gasteiger partial charge is 0.480 e. The van der Waals surface area contributed by atoms with Gasteiger partial charge in [0.25, 0.3) is 0 Å². The zero-order valence-corrected chi connectivity index (χ0v) is 21.0. The number of benzene rings is 2. The molecule has 0 amide bonds. The maximum absolute atomic E-state index is 12.2. The van der Waals surface area contributed by atoms with E-state index in [4.69, 9.17) is 14.2 Å². The van der Waals surface area contributed by atoms with Gasteiger partial charge < -0.3 is 14.2 Å². The third kappa shape index (κ3) is 5.57. The third-order valence-electron chi connectivity index (χ3n) is 3.69. The average Bonchev–Trinajstić information content (AvgIpc) is 3.02. The first-order valence-electron chi connectivity index (χ1n) is 8.44. The van der Waals surface area contributed by atoms with Crippen molar-refractivity contribution < 1.29 is 23.8 Å². The van der Waals surface area contributed by atoms with Crippen LogP contribution >= 0.6 is 61.1 Å². The Morgan fingerprint density at radius 1 is 1.24 bits per heavy atom. The molecule has 0 aromatic heterocycles. The van der Waals surface area contributed by atoms with E-state index in [1.54, 1.807) is 13.0 Å². The number of halogens is 3.